The van der Waals surface area contributed by atoms with Gasteiger partial charge in [0.25, 0.3) is 0 Å². The summed E-state index contributed by atoms with van der Waals surface area (Å²) < 4.78 is 5.13. The smallest absolute Gasteiger partial charge is 0.160 e. The van der Waals surface area contributed by atoms with E-state index >= 15 is 0 Å². The monoisotopic (exact) mass is 260 g/mol. The number of hydrogen-bond acceptors (Lipinski definition) is 2. The van der Waals surface area contributed by atoms with Crippen molar-refractivity contribution in [3.63, 3.8) is 0 Å². The molecule has 0 spiro atoms. The van der Waals surface area contributed by atoms with Crippen molar-refractivity contribution in [2.75, 3.05) is 7.11 Å². The van der Waals surface area contributed by atoms with Crippen molar-refractivity contribution < 1.29 is 9.84 Å². The van der Waals surface area contributed by atoms with Crippen molar-refractivity contribution >= 4 is 0 Å². The summed E-state index contributed by atoms with van der Waals surface area (Å²) in [5.41, 5.74) is 1.77. The Labute approximate surface area is 115 Å². The fourth-order valence-electron chi connectivity index (χ4n) is 4.47. The third-order valence-corrected chi connectivity index (χ3v) is 6.11. The van der Waals surface area contributed by atoms with Gasteiger partial charge in [-0.3, -0.25) is 0 Å². The number of phenols is 1. The summed E-state index contributed by atoms with van der Waals surface area (Å²) in [5.74, 6) is 3.83. The van der Waals surface area contributed by atoms with Crippen LogP contribution in [0, 0.1) is 23.2 Å². The minimum absolute atomic E-state index is 0.273. The Bertz CT molecular complexity index is 488. The first-order valence-corrected chi connectivity index (χ1v) is 7.32. The van der Waals surface area contributed by atoms with E-state index in [-0.39, 0.29) is 5.75 Å². The van der Waals surface area contributed by atoms with E-state index in [1.54, 1.807) is 7.11 Å². The maximum Gasteiger partial charge on any atom is 0.160 e. The van der Waals surface area contributed by atoms with E-state index in [4.69, 9.17) is 4.74 Å². The number of methoxy groups -OCH3 is 1. The molecule has 2 heteroatoms. The van der Waals surface area contributed by atoms with Crippen LogP contribution in [0.15, 0.2) is 18.2 Å². The van der Waals surface area contributed by atoms with Crippen molar-refractivity contribution in [2.24, 2.45) is 23.2 Å². The summed E-state index contributed by atoms with van der Waals surface area (Å²) in [6.45, 7) is 7.24. The maximum absolute atomic E-state index is 9.97. The van der Waals surface area contributed by atoms with Gasteiger partial charge in [-0.1, -0.05) is 26.8 Å². The minimum Gasteiger partial charge on any atom is -0.504 e. The number of benzene rings is 1. The average molecular weight is 260 g/mol. The first-order chi connectivity index (χ1) is 8.95. The molecule has 104 valence electrons. The third kappa shape index (κ3) is 1.76. The second kappa shape index (κ2) is 4.16. The van der Waals surface area contributed by atoms with Gasteiger partial charge in [-0.05, 0) is 59.6 Å². The fourth-order valence-corrected chi connectivity index (χ4v) is 4.47. The highest BCUT2D eigenvalue weighted by Gasteiger charge is 2.55. The molecule has 0 aromatic heterocycles. The van der Waals surface area contributed by atoms with Crippen molar-refractivity contribution in [1.82, 2.24) is 0 Å². The molecule has 0 aliphatic heterocycles. The normalized spacial score (nSPS) is 35.6. The molecule has 2 saturated carbocycles. The lowest BCUT2D eigenvalue weighted by atomic mass is 9.65. The van der Waals surface area contributed by atoms with Crippen LogP contribution in [0.2, 0.25) is 0 Å². The minimum atomic E-state index is 0.273. The zero-order valence-corrected chi connectivity index (χ0v) is 12.3. The van der Waals surface area contributed by atoms with Gasteiger partial charge in [-0.2, -0.15) is 0 Å². The van der Waals surface area contributed by atoms with Crippen molar-refractivity contribution in [1.29, 1.82) is 0 Å². The Hall–Kier alpha value is -1.18. The van der Waals surface area contributed by atoms with Crippen LogP contribution < -0.4 is 4.74 Å². The molecule has 2 fully saturated rings. The molecule has 2 nitrogen and oxygen atoms in total. The topological polar surface area (TPSA) is 29.5 Å². The molecule has 0 amide bonds. The first kappa shape index (κ1) is 12.8. The van der Waals surface area contributed by atoms with Crippen molar-refractivity contribution in [3.05, 3.63) is 23.8 Å². The lowest BCUT2D eigenvalue weighted by molar-refractivity contribution is 0.122. The van der Waals surface area contributed by atoms with Gasteiger partial charge in [0, 0.05) is 0 Å². The molecule has 4 atom stereocenters. The molecule has 2 aliphatic carbocycles. The van der Waals surface area contributed by atoms with E-state index in [0.717, 1.165) is 17.8 Å². The molecule has 0 heterocycles. The lowest BCUT2D eigenvalue weighted by Gasteiger charge is -2.40. The molecule has 1 aromatic rings. The quantitative estimate of drug-likeness (QED) is 0.864. The average Bonchev–Trinajstić information content (AvgIpc) is 2.90. The van der Waals surface area contributed by atoms with Gasteiger partial charge >= 0.3 is 0 Å². The van der Waals surface area contributed by atoms with Gasteiger partial charge < -0.3 is 9.84 Å². The largest absolute Gasteiger partial charge is 0.504 e. The van der Waals surface area contributed by atoms with Crippen LogP contribution in [0.1, 0.15) is 45.1 Å². The number of hydrogen-bond donors (Lipinski definition) is 1. The maximum atomic E-state index is 9.97. The van der Waals surface area contributed by atoms with E-state index in [0.29, 0.717) is 17.1 Å². The Balaban J connectivity index is 1.88. The van der Waals surface area contributed by atoms with E-state index in [1.165, 1.54) is 18.4 Å². The summed E-state index contributed by atoms with van der Waals surface area (Å²) in [7, 11) is 1.59. The van der Waals surface area contributed by atoms with E-state index < -0.39 is 0 Å². The van der Waals surface area contributed by atoms with Gasteiger partial charge in [-0.15, -0.1) is 0 Å². The summed E-state index contributed by atoms with van der Waals surface area (Å²) in [6.07, 6.45) is 2.62. The Morgan fingerprint density at radius 1 is 1.26 bits per heavy atom. The summed E-state index contributed by atoms with van der Waals surface area (Å²) in [6, 6.07) is 5.93. The molecular weight excluding hydrogens is 236 g/mol. The van der Waals surface area contributed by atoms with E-state index in [2.05, 4.69) is 26.8 Å². The van der Waals surface area contributed by atoms with E-state index in [9.17, 15) is 5.11 Å². The summed E-state index contributed by atoms with van der Waals surface area (Å²) >= 11 is 0. The molecule has 4 unspecified atom stereocenters. The van der Waals surface area contributed by atoms with Crippen LogP contribution in [0.25, 0.3) is 0 Å². The molecule has 3 rings (SSSR count). The lowest BCUT2D eigenvalue weighted by Crippen LogP contribution is -2.32. The highest BCUT2D eigenvalue weighted by Crippen LogP contribution is 2.64. The van der Waals surface area contributed by atoms with Crippen LogP contribution in [0.4, 0.5) is 0 Å². The summed E-state index contributed by atoms with van der Waals surface area (Å²) in [4.78, 5) is 0. The van der Waals surface area contributed by atoms with Crippen LogP contribution >= 0.6 is 0 Å². The molecule has 1 aromatic carbocycles. The van der Waals surface area contributed by atoms with Crippen LogP contribution in [0.5, 0.6) is 11.5 Å². The Kier molecular flexibility index (Phi) is 2.81. The zero-order valence-electron chi connectivity index (χ0n) is 12.3. The predicted molar refractivity (Wildman–Crippen MR) is 76.6 cm³/mol. The van der Waals surface area contributed by atoms with Crippen molar-refractivity contribution in [3.8, 4) is 11.5 Å². The number of rotatable bonds is 2. The van der Waals surface area contributed by atoms with Crippen LogP contribution in [-0.2, 0) is 0 Å². The van der Waals surface area contributed by atoms with Crippen LogP contribution in [0.3, 0.4) is 0 Å². The van der Waals surface area contributed by atoms with Crippen LogP contribution in [-0.4, -0.2) is 12.2 Å². The summed E-state index contributed by atoms with van der Waals surface area (Å²) in [5, 5.41) is 9.97. The highest BCUT2D eigenvalue weighted by molar-refractivity contribution is 5.43. The molecule has 19 heavy (non-hydrogen) atoms. The fraction of sp³-hybridized carbons (Fsp3) is 0.647. The van der Waals surface area contributed by atoms with Gasteiger partial charge in [0.2, 0.25) is 0 Å². The molecule has 2 aliphatic rings. The molecule has 1 N–H and O–H groups in total. The van der Waals surface area contributed by atoms with Gasteiger partial charge in [-0.25, -0.2) is 0 Å². The first-order valence-electron chi connectivity index (χ1n) is 7.32. The Morgan fingerprint density at radius 2 is 2.00 bits per heavy atom. The third-order valence-electron chi connectivity index (χ3n) is 6.11. The Morgan fingerprint density at radius 3 is 2.53 bits per heavy atom. The van der Waals surface area contributed by atoms with E-state index in [1.807, 2.05) is 12.1 Å². The molecular formula is C17H24O2. The standard InChI is InChI=1S/C17H24O2/c1-10-13-8-12(17(10,2)3)9-14(13)11-5-6-16(19-4)15(18)7-11/h5-7,10,12-14,18H,8-9H2,1-4H3. The van der Waals surface area contributed by atoms with Gasteiger partial charge in [0.1, 0.15) is 0 Å². The van der Waals surface area contributed by atoms with Gasteiger partial charge in [0.05, 0.1) is 7.11 Å². The second-order valence-electron chi connectivity index (χ2n) is 6.98. The number of phenolic OH excluding ortho intramolecular Hbond substituents is 1. The molecule has 2 bridgehead atoms. The SMILES string of the molecule is COc1ccc(C2CC3CC2C(C)C3(C)C)cc1O. The zero-order chi connectivity index (χ0) is 13.8. The molecule has 0 radical (unpaired) electrons. The molecule has 0 saturated heterocycles. The number of ether oxygens (including phenoxy) is 1. The highest BCUT2D eigenvalue weighted by atomic mass is 16.5. The van der Waals surface area contributed by atoms with Crippen molar-refractivity contribution in [2.45, 2.75) is 39.5 Å². The number of fused-ring (bicyclic) bond motifs is 2. The predicted octanol–water partition coefficient (Wildman–Crippen LogP) is 4.19. The second-order valence-corrected chi connectivity index (χ2v) is 6.98. The van der Waals surface area contributed by atoms with Gasteiger partial charge in [0.15, 0.2) is 11.5 Å². The number of aromatic hydroxyl groups is 1.